The van der Waals surface area contributed by atoms with Crippen molar-refractivity contribution in [1.29, 1.82) is 0 Å². The van der Waals surface area contributed by atoms with E-state index in [1.54, 1.807) is 0 Å². The van der Waals surface area contributed by atoms with Gasteiger partial charge in [0.2, 0.25) is 0 Å². The summed E-state index contributed by atoms with van der Waals surface area (Å²) in [5, 5.41) is 3.43. The van der Waals surface area contributed by atoms with Crippen molar-refractivity contribution in [2.24, 2.45) is 5.92 Å². The van der Waals surface area contributed by atoms with E-state index in [0.29, 0.717) is 6.04 Å². The highest BCUT2D eigenvalue weighted by Gasteiger charge is 2.31. The molecule has 0 aromatic heterocycles. The van der Waals surface area contributed by atoms with Crippen LogP contribution in [-0.4, -0.2) is 7.05 Å². The Morgan fingerprint density at radius 1 is 1.14 bits per heavy atom. The van der Waals surface area contributed by atoms with Crippen molar-refractivity contribution in [3.63, 3.8) is 0 Å². The van der Waals surface area contributed by atoms with E-state index in [4.69, 9.17) is 0 Å². The van der Waals surface area contributed by atoms with Gasteiger partial charge in [0, 0.05) is 6.04 Å². The molecule has 1 aromatic rings. The van der Waals surface area contributed by atoms with Crippen LogP contribution < -0.4 is 5.32 Å². The molecule has 1 saturated carbocycles. The van der Waals surface area contributed by atoms with Crippen molar-refractivity contribution >= 4 is 0 Å². The zero-order valence-electron chi connectivity index (χ0n) is 9.30. The van der Waals surface area contributed by atoms with E-state index in [1.807, 2.05) is 0 Å². The lowest BCUT2D eigenvalue weighted by molar-refractivity contribution is 0.528. The minimum Gasteiger partial charge on any atom is -0.313 e. The standard InChI is InChI=1S/C13H19N/c1-9-6-10(2)8-12(7-9)13(14-3)11-4-5-11/h6-8,11,13-14H,4-5H2,1-3H3. The van der Waals surface area contributed by atoms with Crippen molar-refractivity contribution in [2.75, 3.05) is 7.05 Å². The third-order valence-electron chi connectivity index (χ3n) is 3.01. The average Bonchev–Trinajstić information content (AvgIpc) is 2.87. The Bertz CT molecular complexity index is 306. The van der Waals surface area contributed by atoms with Crippen molar-refractivity contribution in [3.05, 3.63) is 34.9 Å². The number of benzene rings is 1. The van der Waals surface area contributed by atoms with Gasteiger partial charge in [-0.25, -0.2) is 0 Å². The Balaban J connectivity index is 2.28. The van der Waals surface area contributed by atoms with Gasteiger partial charge in [-0.15, -0.1) is 0 Å². The van der Waals surface area contributed by atoms with Gasteiger partial charge in [0.25, 0.3) is 0 Å². The predicted octanol–water partition coefficient (Wildman–Crippen LogP) is 2.97. The summed E-state index contributed by atoms with van der Waals surface area (Å²) in [5.41, 5.74) is 4.22. The SMILES string of the molecule is CNC(c1cc(C)cc(C)c1)C1CC1. The van der Waals surface area contributed by atoms with Crippen LogP contribution in [0.15, 0.2) is 18.2 Å². The first-order chi connectivity index (χ1) is 6.70. The first-order valence-corrected chi connectivity index (χ1v) is 5.46. The van der Waals surface area contributed by atoms with E-state index >= 15 is 0 Å². The van der Waals surface area contributed by atoms with Crippen molar-refractivity contribution in [1.82, 2.24) is 5.32 Å². The van der Waals surface area contributed by atoms with Gasteiger partial charge in [0.05, 0.1) is 0 Å². The Morgan fingerprint density at radius 3 is 2.14 bits per heavy atom. The number of aryl methyl sites for hydroxylation is 2. The van der Waals surface area contributed by atoms with Crippen molar-refractivity contribution in [2.45, 2.75) is 32.7 Å². The van der Waals surface area contributed by atoms with Crippen LogP contribution in [-0.2, 0) is 0 Å². The molecule has 0 spiro atoms. The molecule has 0 heterocycles. The van der Waals surface area contributed by atoms with E-state index < -0.39 is 0 Å². The van der Waals surface area contributed by atoms with E-state index in [1.165, 1.54) is 29.5 Å². The third kappa shape index (κ3) is 1.98. The van der Waals surface area contributed by atoms with E-state index in [0.717, 1.165) is 5.92 Å². The average molecular weight is 189 g/mol. The van der Waals surface area contributed by atoms with Crippen LogP contribution in [0.1, 0.15) is 35.6 Å². The third-order valence-corrected chi connectivity index (χ3v) is 3.01. The molecule has 1 fully saturated rings. The molecule has 0 radical (unpaired) electrons. The van der Waals surface area contributed by atoms with Gasteiger partial charge in [-0.1, -0.05) is 29.3 Å². The van der Waals surface area contributed by atoms with Gasteiger partial charge >= 0.3 is 0 Å². The first-order valence-electron chi connectivity index (χ1n) is 5.46. The number of hydrogen-bond acceptors (Lipinski definition) is 1. The van der Waals surface area contributed by atoms with E-state index in [9.17, 15) is 0 Å². The summed E-state index contributed by atoms with van der Waals surface area (Å²) in [4.78, 5) is 0. The first kappa shape index (κ1) is 9.72. The molecule has 1 nitrogen and oxygen atoms in total. The summed E-state index contributed by atoms with van der Waals surface area (Å²) in [5.74, 6) is 0.876. The molecule has 1 N–H and O–H groups in total. The number of hydrogen-bond donors (Lipinski definition) is 1. The van der Waals surface area contributed by atoms with Gasteiger partial charge in [-0.2, -0.15) is 0 Å². The van der Waals surface area contributed by atoms with Gasteiger partial charge < -0.3 is 5.32 Å². The molecular weight excluding hydrogens is 170 g/mol. The summed E-state index contributed by atoms with van der Waals surface area (Å²) < 4.78 is 0. The molecular formula is C13H19N. The summed E-state index contributed by atoms with van der Waals surface area (Å²) in [7, 11) is 2.07. The minimum atomic E-state index is 0.577. The van der Waals surface area contributed by atoms with Crippen molar-refractivity contribution in [3.8, 4) is 0 Å². The fraction of sp³-hybridized carbons (Fsp3) is 0.538. The largest absolute Gasteiger partial charge is 0.313 e. The van der Waals surface area contributed by atoms with Crippen LogP contribution in [0.25, 0.3) is 0 Å². The molecule has 0 bridgehead atoms. The van der Waals surface area contributed by atoms with Crippen LogP contribution in [0.5, 0.6) is 0 Å². The maximum Gasteiger partial charge on any atom is 0.0346 e. The van der Waals surface area contributed by atoms with E-state index in [2.05, 4.69) is 44.4 Å². The molecule has 2 rings (SSSR count). The lowest BCUT2D eigenvalue weighted by Crippen LogP contribution is -2.18. The van der Waals surface area contributed by atoms with Crippen LogP contribution in [0.2, 0.25) is 0 Å². The maximum absolute atomic E-state index is 3.43. The highest BCUT2D eigenvalue weighted by molar-refractivity contribution is 5.31. The lowest BCUT2D eigenvalue weighted by Gasteiger charge is -2.17. The maximum atomic E-state index is 3.43. The Morgan fingerprint density at radius 2 is 1.71 bits per heavy atom. The quantitative estimate of drug-likeness (QED) is 0.770. The Hall–Kier alpha value is -0.820. The predicted molar refractivity (Wildman–Crippen MR) is 60.4 cm³/mol. The van der Waals surface area contributed by atoms with Crippen molar-refractivity contribution < 1.29 is 0 Å². The molecule has 1 aliphatic rings. The molecule has 1 unspecified atom stereocenters. The monoisotopic (exact) mass is 189 g/mol. The van der Waals surface area contributed by atoms with Gasteiger partial charge in [0.15, 0.2) is 0 Å². The zero-order valence-corrected chi connectivity index (χ0v) is 9.30. The second-order valence-electron chi connectivity index (χ2n) is 4.52. The second-order valence-corrected chi connectivity index (χ2v) is 4.52. The van der Waals surface area contributed by atoms with Crippen LogP contribution in [0.3, 0.4) is 0 Å². The van der Waals surface area contributed by atoms with Crippen LogP contribution in [0.4, 0.5) is 0 Å². The normalized spacial score (nSPS) is 18.2. The Labute approximate surface area is 86.5 Å². The highest BCUT2D eigenvalue weighted by Crippen LogP contribution is 2.41. The topological polar surface area (TPSA) is 12.0 Å². The molecule has 0 amide bonds. The number of rotatable bonds is 3. The molecule has 1 aliphatic carbocycles. The second kappa shape index (κ2) is 3.74. The summed E-state index contributed by atoms with van der Waals surface area (Å²) in [6.07, 6.45) is 2.77. The highest BCUT2D eigenvalue weighted by atomic mass is 14.9. The summed E-state index contributed by atoms with van der Waals surface area (Å²) >= 11 is 0. The number of nitrogens with one attached hydrogen (secondary N) is 1. The zero-order chi connectivity index (χ0) is 10.1. The molecule has 0 saturated heterocycles. The molecule has 14 heavy (non-hydrogen) atoms. The van der Waals surface area contributed by atoms with E-state index in [-0.39, 0.29) is 0 Å². The lowest BCUT2D eigenvalue weighted by atomic mass is 9.98. The van der Waals surface area contributed by atoms with Gasteiger partial charge in [0.1, 0.15) is 0 Å². The minimum absolute atomic E-state index is 0.577. The fourth-order valence-corrected chi connectivity index (χ4v) is 2.29. The van der Waals surface area contributed by atoms with Gasteiger partial charge in [-0.3, -0.25) is 0 Å². The Kier molecular flexibility index (Phi) is 2.60. The molecule has 1 aromatic carbocycles. The molecule has 0 aliphatic heterocycles. The van der Waals surface area contributed by atoms with Crippen LogP contribution in [0, 0.1) is 19.8 Å². The molecule has 76 valence electrons. The summed E-state index contributed by atoms with van der Waals surface area (Å²) in [6, 6.07) is 7.44. The van der Waals surface area contributed by atoms with Crippen LogP contribution >= 0.6 is 0 Å². The molecule has 1 heteroatoms. The molecule has 1 atom stereocenters. The fourth-order valence-electron chi connectivity index (χ4n) is 2.29. The smallest absolute Gasteiger partial charge is 0.0346 e. The van der Waals surface area contributed by atoms with Gasteiger partial charge in [-0.05, 0) is 45.2 Å². The summed E-state index contributed by atoms with van der Waals surface area (Å²) in [6.45, 7) is 4.35.